The van der Waals surface area contributed by atoms with Gasteiger partial charge in [-0.15, -0.1) is 0 Å². The Morgan fingerprint density at radius 3 is 2.46 bits per heavy atom. The van der Waals surface area contributed by atoms with Crippen LogP contribution in [0.4, 0.5) is 23.4 Å². The summed E-state index contributed by atoms with van der Waals surface area (Å²) in [6, 6.07) is 7.64. The molecule has 2 N–H and O–H groups in total. The van der Waals surface area contributed by atoms with Crippen LogP contribution in [0.2, 0.25) is 0 Å². The van der Waals surface area contributed by atoms with Crippen molar-refractivity contribution in [1.29, 1.82) is 0 Å². The first kappa shape index (κ1) is 17.7. The molecule has 0 aliphatic heterocycles. The molecular weight excluding hydrogens is 326 g/mol. The lowest BCUT2D eigenvalue weighted by Crippen LogP contribution is -2.30. The van der Waals surface area contributed by atoms with Crippen LogP contribution in [0.1, 0.15) is 11.1 Å². The van der Waals surface area contributed by atoms with Crippen LogP contribution in [0.5, 0.6) is 0 Å². The molecule has 1 aromatic heterocycles. The highest BCUT2D eigenvalue weighted by Gasteiger charge is 2.33. The Balaban J connectivity index is 1.79. The van der Waals surface area contributed by atoms with Crippen LogP contribution < -0.4 is 10.6 Å². The van der Waals surface area contributed by atoms with E-state index in [1.54, 1.807) is 0 Å². The van der Waals surface area contributed by atoms with Gasteiger partial charge in [0.15, 0.2) is 0 Å². The first-order valence-electron chi connectivity index (χ1n) is 7.13. The van der Waals surface area contributed by atoms with Gasteiger partial charge in [0.2, 0.25) is 5.91 Å². The van der Waals surface area contributed by atoms with Crippen LogP contribution in [0.15, 0.2) is 42.6 Å². The maximum atomic E-state index is 12.8. The number of amides is 1. The first-order chi connectivity index (χ1) is 11.4. The second kappa shape index (κ2) is 7.76. The van der Waals surface area contributed by atoms with E-state index < -0.39 is 11.7 Å². The summed E-state index contributed by atoms with van der Waals surface area (Å²) in [5.74, 6) is -0.975. The number of halogens is 4. The average molecular weight is 341 g/mol. The summed E-state index contributed by atoms with van der Waals surface area (Å²) in [5.41, 5.74) is -0.214. The van der Waals surface area contributed by atoms with Gasteiger partial charge in [0.25, 0.3) is 0 Å². The Morgan fingerprint density at radius 2 is 1.79 bits per heavy atom. The molecule has 8 heteroatoms. The minimum absolute atomic E-state index is 0.0671. The van der Waals surface area contributed by atoms with Crippen molar-refractivity contribution in [2.24, 2.45) is 0 Å². The summed E-state index contributed by atoms with van der Waals surface area (Å²) in [7, 11) is 0. The largest absolute Gasteiger partial charge is 0.419 e. The number of anilines is 1. The van der Waals surface area contributed by atoms with Gasteiger partial charge < -0.3 is 10.6 Å². The summed E-state index contributed by atoms with van der Waals surface area (Å²) in [6.07, 6.45) is -3.18. The van der Waals surface area contributed by atoms with E-state index in [4.69, 9.17) is 0 Å². The molecule has 1 amide bonds. The third kappa shape index (κ3) is 5.22. The van der Waals surface area contributed by atoms with Gasteiger partial charge in [0.05, 0.1) is 12.0 Å². The number of nitrogens with one attached hydrogen (secondary N) is 2. The minimum Gasteiger partial charge on any atom is -0.368 e. The van der Waals surface area contributed by atoms with E-state index in [0.29, 0.717) is 5.56 Å². The molecule has 0 radical (unpaired) electrons. The molecule has 1 aromatic carbocycles. The number of alkyl halides is 3. The summed E-state index contributed by atoms with van der Waals surface area (Å²) >= 11 is 0. The zero-order chi connectivity index (χ0) is 17.6. The van der Waals surface area contributed by atoms with E-state index in [1.807, 2.05) is 0 Å². The molecular formula is C16H15F4N3O. The first-order valence-corrected chi connectivity index (χ1v) is 7.13. The Bertz CT molecular complexity index is 686. The van der Waals surface area contributed by atoms with E-state index >= 15 is 0 Å². The van der Waals surface area contributed by atoms with Gasteiger partial charge in [-0.2, -0.15) is 13.2 Å². The zero-order valence-corrected chi connectivity index (χ0v) is 12.5. The van der Waals surface area contributed by atoms with Crippen LogP contribution in [0, 0.1) is 5.82 Å². The predicted molar refractivity (Wildman–Crippen MR) is 80.8 cm³/mol. The fraction of sp³-hybridized carbons (Fsp3) is 0.250. The summed E-state index contributed by atoms with van der Waals surface area (Å²) in [4.78, 5) is 15.4. The third-order valence-electron chi connectivity index (χ3n) is 3.13. The van der Waals surface area contributed by atoms with E-state index in [-0.39, 0.29) is 37.1 Å². The lowest BCUT2D eigenvalue weighted by molar-refractivity contribution is -0.137. The maximum absolute atomic E-state index is 12.8. The van der Waals surface area contributed by atoms with E-state index in [2.05, 4.69) is 15.6 Å². The molecule has 0 aliphatic rings. The van der Waals surface area contributed by atoms with Crippen molar-refractivity contribution in [1.82, 2.24) is 10.3 Å². The molecule has 128 valence electrons. The minimum atomic E-state index is -4.50. The van der Waals surface area contributed by atoms with Crippen molar-refractivity contribution < 1.29 is 22.4 Å². The summed E-state index contributed by atoms with van der Waals surface area (Å²) < 4.78 is 51.1. The molecule has 0 aliphatic carbocycles. The van der Waals surface area contributed by atoms with Gasteiger partial charge in [-0.05, 0) is 29.8 Å². The number of carbonyl (C=O) groups excluding carboxylic acids is 1. The zero-order valence-electron chi connectivity index (χ0n) is 12.5. The lowest BCUT2D eigenvalue weighted by Gasteiger charge is -2.13. The van der Waals surface area contributed by atoms with Gasteiger partial charge in [0.1, 0.15) is 11.6 Å². The number of aromatic nitrogens is 1. The number of hydrogen-bond donors (Lipinski definition) is 2. The van der Waals surface area contributed by atoms with Crippen molar-refractivity contribution in [2.45, 2.75) is 12.6 Å². The normalized spacial score (nSPS) is 11.2. The molecule has 2 aromatic rings. The highest BCUT2D eigenvalue weighted by molar-refractivity contribution is 5.78. The second-order valence-corrected chi connectivity index (χ2v) is 4.98. The van der Waals surface area contributed by atoms with Crippen molar-refractivity contribution in [3.63, 3.8) is 0 Å². The van der Waals surface area contributed by atoms with Crippen molar-refractivity contribution >= 4 is 11.7 Å². The molecule has 0 atom stereocenters. The smallest absolute Gasteiger partial charge is 0.368 e. The van der Waals surface area contributed by atoms with Crippen LogP contribution in [-0.4, -0.2) is 24.0 Å². The number of benzene rings is 1. The van der Waals surface area contributed by atoms with E-state index in [0.717, 1.165) is 6.07 Å². The summed E-state index contributed by atoms with van der Waals surface area (Å²) in [5, 5.41) is 5.12. The Labute approximate surface area is 135 Å². The number of nitrogens with zero attached hydrogens (tertiary/aromatic N) is 1. The highest BCUT2D eigenvalue weighted by atomic mass is 19.4. The number of rotatable bonds is 6. The standard InChI is InChI=1S/C16H15F4N3O/c17-12-5-3-11(4-6-12)10-14(24)21-8-9-23-15-13(16(18,19)20)2-1-7-22-15/h1-7H,8-10H2,(H,21,24)(H,22,23). The molecule has 0 fully saturated rings. The van der Waals surface area contributed by atoms with E-state index in [1.165, 1.54) is 36.5 Å². The summed E-state index contributed by atoms with van der Waals surface area (Å²) in [6.45, 7) is 0.225. The molecule has 0 unspecified atom stereocenters. The van der Waals surface area contributed by atoms with Gasteiger partial charge in [-0.3, -0.25) is 4.79 Å². The molecule has 0 saturated carbocycles. The van der Waals surface area contributed by atoms with E-state index in [9.17, 15) is 22.4 Å². The Kier molecular flexibility index (Phi) is 5.73. The number of hydrogen-bond acceptors (Lipinski definition) is 3. The van der Waals surface area contributed by atoms with Crippen LogP contribution in [0.25, 0.3) is 0 Å². The predicted octanol–water partition coefficient (Wildman–Crippen LogP) is 3.01. The quantitative estimate of drug-likeness (QED) is 0.627. The third-order valence-corrected chi connectivity index (χ3v) is 3.13. The molecule has 1 heterocycles. The SMILES string of the molecule is O=C(Cc1ccc(F)cc1)NCCNc1ncccc1C(F)(F)F. The number of pyridine rings is 1. The van der Waals surface area contributed by atoms with Gasteiger partial charge in [-0.25, -0.2) is 9.37 Å². The Hall–Kier alpha value is -2.64. The molecule has 4 nitrogen and oxygen atoms in total. The fourth-order valence-corrected chi connectivity index (χ4v) is 2.01. The molecule has 0 saturated heterocycles. The van der Waals surface area contributed by atoms with Gasteiger partial charge in [-0.1, -0.05) is 12.1 Å². The van der Waals surface area contributed by atoms with Crippen molar-refractivity contribution in [3.05, 3.63) is 59.5 Å². The number of carbonyl (C=O) groups is 1. The van der Waals surface area contributed by atoms with Crippen molar-refractivity contribution in [3.8, 4) is 0 Å². The monoisotopic (exact) mass is 341 g/mol. The maximum Gasteiger partial charge on any atom is 0.419 e. The Morgan fingerprint density at radius 1 is 1.08 bits per heavy atom. The lowest BCUT2D eigenvalue weighted by atomic mass is 10.1. The average Bonchev–Trinajstić information content (AvgIpc) is 2.53. The molecule has 0 bridgehead atoms. The van der Waals surface area contributed by atoms with Gasteiger partial charge in [0, 0.05) is 19.3 Å². The highest BCUT2D eigenvalue weighted by Crippen LogP contribution is 2.33. The van der Waals surface area contributed by atoms with Crippen LogP contribution in [-0.2, 0) is 17.4 Å². The topological polar surface area (TPSA) is 54.0 Å². The van der Waals surface area contributed by atoms with Crippen LogP contribution in [0.3, 0.4) is 0 Å². The van der Waals surface area contributed by atoms with Crippen LogP contribution >= 0.6 is 0 Å². The fourth-order valence-electron chi connectivity index (χ4n) is 2.01. The molecule has 0 spiro atoms. The molecule has 24 heavy (non-hydrogen) atoms. The van der Waals surface area contributed by atoms with Crippen molar-refractivity contribution in [2.75, 3.05) is 18.4 Å². The second-order valence-electron chi connectivity index (χ2n) is 4.98. The molecule has 2 rings (SSSR count). The van der Waals surface area contributed by atoms with Gasteiger partial charge >= 0.3 is 6.18 Å².